The van der Waals surface area contributed by atoms with Crippen LogP contribution in [0.3, 0.4) is 0 Å². The van der Waals surface area contributed by atoms with Gasteiger partial charge >= 0.3 is 0 Å². The van der Waals surface area contributed by atoms with Crippen molar-refractivity contribution < 1.29 is 0 Å². The molecule has 4 nitrogen and oxygen atoms in total. The minimum atomic E-state index is 0.808. The molecule has 0 amide bonds. The van der Waals surface area contributed by atoms with Gasteiger partial charge < -0.3 is 0 Å². The van der Waals surface area contributed by atoms with Gasteiger partial charge in [-0.3, -0.25) is 5.10 Å². The molecule has 6 heteroatoms. The zero-order valence-electron chi connectivity index (χ0n) is 9.36. The second kappa shape index (κ2) is 5.45. The number of hydrogen-bond donors (Lipinski definition) is 1. The highest BCUT2D eigenvalue weighted by atomic mass is 32.2. The Morgan fingerprint density at radius 1 is 1.31 bits per heavy atom. The minimum absolute atomic E-state index is 0.808. The van der Waals surface area contributed by atoms with Crippen molar-refractivity contribution in [2.24, 2.45) is 0 Å². The number of hydrogen-bond acceptors (Lipinski definition) is 5. The third-order valence-corrected chi connectivity index (χ3v) is 4.02. The Morgan fingerprint density at radius 3 is 2.81 bits per heavy atom. The van der Waals surface area contributed by atoms with E-state index in [-0.39, 0.29) is 0 Å². The highest BCUT2D eigenvalue weighted by Crippen LogP contribution is 2.20. The number of aryl methyl sites for hydroxylation is 2. The van der Waals surface area contributed by atoms with E-state index in [0.29, 0.717) is 0 Å². The van der Waals surface area contributed by atoms with Gasteiger partial charge in [0.1, 0.15) is 5.82 Å². The summed E-state index contributed by atoms with van der Waals surface area (Å²) in [5.74, 6) is 1.78. The fourth-order valence-electron chi connectivity index (χ4n) is 1.22. The lowest BCUT2D eigenvalue weighted by Crippen LogP contribution is -1.84. The van der Waals surface area contributed by atoms with Gasteiger partial charge in [-0.1, -0.05) is 25.6 Å². The standard InChI is InChI=1S/C10H14N4S2/c1-3-8-12-10(14-13-8)16-6-7-5-15-9(4-2)11-7/h5H,3-4,6H2,1-2H3,(H,12,13,14). The van der Waals surface area contributed by atoms with Crippen molar-refractivity contribution >= 4 is 23.1 Å². The Balaban J connectivity index is 1.91. The van der Waals surface area contributed by atoms with Crippen LogP contribution in [0.25, 0.3) is 0 Å². The summed E-state index contributed by atoms with van der Waals surface area (Å²) >= 11 is 3.35. The van der Waals surface area contributed by atoms with Crippen molar-refractivity contribution in [2.75, 3.05) is 0 Å². The fraction of sp³-hybridized carbons (Fsp3) is 0.500. The lowest BCUT2D eigenvalue weighted by atomic mass is 10.5. The molecule has 16 heavy (non-hydrogen) atoms. The van der Waals surface area contributed by atoms with Crippen LogP contribution in [0.5, 0.6) is 0 Å². The molecule has 0 aliphatic carbocycles. The molecule has 0 spiro atoms. The molecule has 0 unspecified atom stereocenters. The first-order valence-electron chi connectivity index (χ1n) is 5.29. The van der Waals surface area contributed by atoms with Crippen LogP contribution in [-0.2, 0) is 18.6 Å². The largest absolute Gasteiger partial charge is 0.262 e. The zero-order valence-corrected chi connectivity index (χ0v) is 11.0. The van der Waals surface area contributed by atoms with Crippen LogP contribution in [0.15, 0.2) is 10.5 Å². The van der Waals surface area contributed by atoms with Crippen LogP contribution < -0.4 is 0 Å². The van der Waals surface area contributed by atoms with Gasteiger partial charge in [0.25, 0.3) is 0 Å². The number of H-pyrrole nitrogens is 1. The predicted octanol–water partition coefficient (Wildman–Crippen LogP) is 2.68. The Bertz CT molecular complexity index is 407. The second-order valence-corrected chi connectivity index (χ2v) is 5.18. The second-order valence-electron chi connectivity index (χ2n) is 3.29. The molecule has 0 saturated carbocycles. The number of rotatable bonds is 5. The highest BCUT2D eigenvalue weighted by Gasteiger charge is 2.05. The number of nitrogens with zero attached hydrogens (tertiary/aromatic N) is 3. The molecule has 1 N–H and O–H groups in total. The van der Waals surface area contributed by atoms with E-state index in [1.54, 1.807) is 23.1 Å². The summed E-state index contributed by atoms with van der Waals surface area (Å²) in [6.45, 7) is 4.18. The molecule has 0 bridgehead atoms. The summed E-state index contributed by atoms with van der Waals surface area (Å²) in [6, 6.07) is 0. The van der Waals surface area contributed by atoms with Crippen molar-refractivity contribution in [1.29, 1.82) is 0 Å². The zero-order chi connectivity index (χ0) is 11.4. The third kappa shape index (κ3) is 2.82. The van der Waals surface area contributed by atoms with Crippen LogP contribution in [0.4, 0.5) is 0 Å². The molecule has 0 aliphatic heterocycles. The summed E-state index contributed by atoms with van der Waals surface area (Å²) in [4.78, 5) is 8.85. The molecule has 0 aromatic carbocycles. The molecule has 0 atom stereocenters. The van der Waals surface area contributed by atoms with E-state index in [1.807, 2.05) is 0 Å². The summed E-state index contributed by atoms with van der Waals surface area (Å²) in [5, 5.41) is 11.2. The number of thioether (sulfide) groups is 1. The third-order valence-electron chi connectivity index (χ3n) is 2.10. The van der Waals surface area contributed by atoms with Crippen molar-refractivity contribution in [2.45, 2.75) is 37.6 Å². The average molecular weight is 254 g/mol. The highest BCUT2D eigenvalue weighted by molar-refractivity contribution is 7.98. The van der Waals surface area contributed by atoms with Crippen LogP contribution in [0.1, 0.15) is 30.4 Å². The Labute approximate surface area is 103 Å². The maximum absolute atomic E-state index is 4.50. The fourth-order valence-corrected chi connectivity index (χ4v) is 2.78. The monoisotopic (exact) mass is 254 g/mol. The van der Waals surface area contributed by atoms with E-state index in [9.17, 15) is 0 Å². The van der Waals surface area contributed by atoms with Gasteiger partial charge in [-0.15, -0.1) is 16.4 Å². The van der Waals surface area contributed by atoms with Crippen molar-refractivity contribution in [3.63, 3.8) is 0 Å². The molecule has 0 saturated heterocycles. The molecule has 2 rings (SSSR count). The Hall–Kier alpha value is -0.880. The first-order chi connectivity index (χ1) is 7.81. The smallest absolute Gasteiger partial charge is 0.208 e. The van der Waals surface area contributed by atoms with Crippen LogP contribution in [0.2, 0.25) is 0 Å². The molecule has 0 aliphatic rings. The number of nitrogens with one attached hydrogen (secondary N) is 1. The molecule has 0 radical (unpaired) electrons. The first kappa shape index (κ1) is 11.6. The van der Waals surface area contributed by atoms with Gasteiger partial charge in [-0.2, -0.15) is 0 Å². The van der Waals surface area contributed by atoms with Crippen LogP contribution >= 0.6 is 23.1 Å². The Kier molecular flexibility index (Phi) is 3.95. The van der Waals surface area contributed by atoms with Crippen molar-refractivity contribution in [3.05, 3.63) is 21.9 Å². The average Bonchev–Trinajstić information content (AvgIpc) is 2.95. The number of aromatic nitrogens is 4. The summed E-state index contributed by atoms with van der Waals surface area (Å²) in [7, 11) is 0. The van der Waals surface area contributed by atoms with Gasteiger partial charge in [0.15, 0.2) is 0 Å². The van der Waals surface area contributed by atoms with E-state index < -0.39 is 0 Å². The SMILES string of the molecule is CCc1nc(SCc2csc(CC)n2)n[nH]1. The van der Waals surface area contributed by atoms with Gasteiger partial charge in [-0.05, 0) is 6.42 Å². The van der Waals surface area contributed by atoms with Gasteiger partial charge in [0.05, 0.1) is 10.7 Å². The molecule has 2 aromatic heterocycles. The quantitative estimate of drug-likeness (QED) is 0.833. The van der Waals surface area contributed by atoms with E-state index in [2.05, 4.69) is 39.4 Å². The maximum Gasteiger partial charge on any atom is 0.208 e. The van der Waals surface area contributed by atoms with E-state index in [0.717, 1.165) is 35.3 Å². The number of thiazole rings is 1. The van der Waals surface area contributed by atoms with Gasteiger partial charge in [-0.25, -0.2) is 9.97 Å². The van der Waals surface area contributed by atoms with E-state index in [4.69, 9.17) is 0 Å². The molecular weight excluding hydrogens is 240 g/mol. The topological polar surface area (TPSA) is 54.5 Å². The predicted molar refractivity (Wildman–Crippen MR) is 66.8 cm³/mol. The lowest BCUT2D eigenvalue weighted by Gasteiger charge is -1.91. The van der Waals surface area contributed by atoms with Crippen LogP contribution in [0, 0.1) is 0 Å². The Morgan fingerprint density at radius 2 is 2.19 bits per heavy atom. The van der Waals surface area contributed by atoms with E-state index in [1.165, 1.54) is 5.01 Å². The number of aromatic amines is 1. The molecule has 2 heterocycles. The molecule has 0 fully saturated rings. The van der Waals surface area contributed by atoms with Gasteiger partial charge in [0.2, 0.25) is 5.16 Å². The molecule has 86 valence electrons. The summed E-state index contributed by atoms with van der Waals surface area (Å²) in [5.41, 5.74) is 1.12. The van der Waals surface area contributed by atoms with Gasteiger partial charge in [0, 0.05) is 17.6 Å². The lowest BCUT2D eigenvalue weighted by molar-refractivity contribution is 0.941. The van der Waals surface area contributed by atoms with Crippen molar-refractivity contribution in [1.82, 2.24) is 20.2 Å². The van der Waals surface area contributed by atoms with E-state index >= 15 is 0 Å². The van der Waals surface area contributed by atoms with Crippen molar-refractivity contribution in [3.8, 4) is 0 Å². The molecular formula is C10H14N4S2. The minimum Gasteiger partial charge on any atom is -0.262 e. The van der Waals surface area contributed by atoms with Crippen LogP contribution in [-0.4, -0.2) is 20.2 Å². The summed E-state index contributed by atoms with van der Waals surface area (Å²) in [6.07, 6.45) is 1.90. The summed E-state index contributed by atoms with van der Waals surface area (Å²) < 4.78 is 0. The normalized spacial score (nSPS) is 10.9. The maximum atomic E-state index is 4.50. The molecule has 2 aromatic rings. The first-order valence-corrected chi connectivity index (χ1v) is 7.15.